The fourth-order valence-corrected chi connectivity index (χ4v) is 19.1. The van der Waals surface area contributed by atoms with Gasteiger partial charge in [0.15, 0.2) is 58.9 Å². The zero-order valence-corrected chi connectivity index (χ0v) is 83.1. The summed E-state index contributed by atoms with van der Waals surface area (Å²) in [5, 5.41) is 9.67. The maximum Gasteiger partial charge on any atom is 0.227 e. The molecule has 698 valence electrons. The Balaban J connectivity index is 0.000000124. The Hall–Kier alpha value is -13.4. The third-order valence-corrected chi connectivity index (χ3v) is 27.2. The molecule has 137 heavy (non-hydrogen) atoms. The van der Waals surface area contributed by atoms with Crippen molar-refractivity contribution in [3.63, 3.8) is 0 Å². The van der Waals surface area contributed by atoms with Crippen molar-refractivity contribution in [2.24, 2.45) is 40.7 Å². The summed E-state index contributed by atoms with van der Waals surface area (Å²) >= 11 is 0. The van der Waals surface area contributed by atoms with Gasteiger partial charge in [-0.15, -0.1) is 0 Å². The molecule has 2 aliphatic carbocycles. The van der Waals surface area contributed by atoms with Crippen LogP contribution in [-0.2, 0) is 72.8 Å². The van der Waals surface area contributed by atoms with Crippen molar-refractivity contribution in [2.75, 3.05) is 0 Å². The largest absolute Gasteiger partial charge is 0.437 e. The topological polar surface area (TPSA) is 150 Å². The molecule has 1 atom stereocenters. The Bertz CT molecular complexity index is 8710. The van der Waals surface area contributed by atoms with Gasteiger partial charge < -0.3 is 22.1 Å². The zero-order chi connectivity index (χ0) is 109. The highest BCUT2D eigenvalue weighted by Crippen LogP contribution is 2.46. The molecule has 0 spiro atoms. The van der Waals surface area contributed by atoms with E-state index in [1.165, 1.54) is 57.3 Å². The molecule has 0 N–H and O–H groups in total. The summed E-state index contributed by atoms with van der Waals surface area (Å²) in [5.41, 5.74) is 30.4. The van der Waals surface area contributed by atoms with Gasteiger partial charge in [0.2, 0.25) is 57.0 Å². The SMILES string of the molecule is CCc1cc[n+](C)c(-c2c(C)ccc3c2oc2nc(C(C)(C)C)ccc23)c1.Cc1ccc2c(n1)oc1c(-c3cc(C(C)C)cc[n+]3C)c(C)ccc12.[2H]C([2H])([2H])C(C)(Cc1ccc2c(n1)oc1c(-c3cc(CC)cc[n+]3C)c(C)ccc12)C([2H])([2H])[2H].[2H]C1([2H])CCCC([2H])([2H])C1([2H])c1ccc2c(n1)oc1c(-c3cc(CC)cc[n+]3C)c(C)ccc12.[2H]C1([2H])CCCC1([2H])c1ccc2c(n1)oc1c(-c3cc(CC)cc[n+]3C)c(C)ccc12. The number of aryl methyl sites for hydroxylation is 15. The van der Waals surface area contributed by atoms with Gasteiger partial charge in [0, 0.05) is 179 Å². The number of hydrogen-bond acceptors (Lipinski definition) is 10. The van der Waals surface area contributed by atoms with Gasteiger partial charge in [-0.25, -0.2) is 47.8 Å². The number of hydrogen-bond donors (Lipinski definition) is 0. The van der Waals surface area contributed by atoms with E-state index in [0.717, 1.165) is 175 Å². The van der Waals surface area contributed by atoms with Crippen LogP contribution in [-0.4, -0.2) is 24.9 Å². The fraction of sp³-hybridized carbons (Fsp3) is 0.344. The van der Waals surface area contributed by atoms with E-state index in [4.69, 9.17) is 46.3 Å². The highest BCUT2D eigenvalue weighted by atomic mass is 16.4. The van der Waals surface area contributed by atoms with Gasteiger partial charge >= 0.3 is 0 Å². The van der Waals surface area contributed by atoms with Crippen molar-refractivity contribution in [3.05, 3.63) is 297 Å². The lowest BCUT2D eigenvalue weighted by Gasteiger charge is -2.20. The Morgan fingerprint density at radius 2 is 0.664 bits per heavy atom. The Morgan fingerprint density at radius 1 is 0.350 bits per heavy atom. The van der Waals surface area contributed by atoms with Gasteiger partial charge in [0.25, 0.3) is 0 Å². The van der Waals surface area contributed by atoms with Crippen molar-refractivity contribution >= 4 is 110 Å². The zero-order valence-electron chi connectivity index (χ0n) is 97.1. The first kappa shape index (κ1) is 77.7. The van der Waals surface area contributed by atoms with Crippen LogP contribution in [0.1, 0.15) is 262 Å². The molecule has 0 bridgehead atoms. The minimum absolute atomic E-state index is 0.00614. The molecule has 2 fully saturated rings. The smallest absolute Gasteiger partial charge is 0.227 e. The third-order valence-electron chi connectivity index (χ3n) is 27.2. The molecule has 5 aromatic carbocycles. The molecule has 2 aliphatic rings. The first-order valence-electron chi connectivity index (χ1n) is 55.3. The summed E-state index contributed by atoms with van der Waals surface area (Å²) in [7, 11) is 10.2. The van der Waals surface area contributed by atoms with Crippen LogP contribution < -0.4 is 22.8 Å². The van der Waals surface area contributed by atoms with Crippen LogP contribution in [0.3, 0.4) is 0 Å². The van der Waals surface area contributed by atoms with Crippen molar-refractivity contribution in [2.45, 2.75) is 237 Å². The minimum atomic E-state index is -2.67. The maximum absolute atomic E-state index is 9.00. The number of pyridine rings is 10. The van der Waals surface area contributed by atoms with Crippen LogP contribution in [0.2, 0.25) is 0 Å². The monoisotopic (exact) mass is 1830 g/mol. The van der Waals surface area contributed by atoms with E-state index < -0.39 is 50.0 Å². The lowest BCUT2D eigenvalue weighted by atomic mass is 9.86. The van der Waals surface area contributed by atoms with E-state index in [2.05, 4.69) is 286 Å². The predicted molar refractivity (Wildman–Crippen MR) is 560 cm³/mol. The molecule has 0 saturated heterocycles. The molecular weight excluding hydrogens is 1690 g/mol. The van der Waals surface area contributed by atoms with Crippen molar-refractivity contribution < 1.29 is 64.1 Å². The van der Waals surface area contributed by atoms with Crippen LogP contribution in [0.25, 0.3) is 167 Å². The van der Waals surface area contributed by atoms with Crippen molar-refractivity contribution in [1.29, 1.82) is 0 Å². The lowest BCUT2D eigenvalue weighted by molar-refractivity contribution is -0.660. The van der Waals surface area contributed by atoms with E-state index in [1.807, 2.05) is 90.7 Å². The normalized spacial score (nSPS) is 17.4. The summed E-state index contributed by atoms with van der Waals surface area (Å²) < 4.78 is 158. The van der Waals surface area contributed by atoms with E-state index in [1.54, 1.807) is 18.2 Å². The van der Waals surface area contributed by atoms with E-state index >= 15 is 0 Å². The minimum Gasteiger partial charge on any atom is -0.437 e. The molecule has 0 amide bonds. The lowest BCUT2D eigenvalue weighted by Crippen LogP contribution is -2.31. The first-order chi connectivity index (χ1) is 71.3. The number of nitrogens with zero attached hydrogens (tertiary/aromatic N) is 10. The second-order valence-corrected chi connectivity index (χ2v) is 38.8. The highest BCUT2D eigenvalue weighted by Gasteiger charge is 2.31. The fourth-order valence-electron chi connectivity index (χ4n) is 19.1. The van der Waals surface area contributed by atoms with E-state index in [0.29, 0.717) is 77.0 Å². The second-order valence-electron chi connectivity index (χ2n) is 38.8. The van der Waals surface area contributed by atoms with Crippen LogP contribution in [0, 0.1) is 47.0 Å². The Kier molecular flexibility index (Phi) is 21.9. The van der Waals surface area contributed by atoms with Gasteiger partial charge in [-0.1, -0.05) is 176 Å². The predicted octanol–water partition coefficient (Wildman–Crippen LogP) is 29.2. The molecule has 1 unspecified atom stereocenters. The molecule has 15 aromatic heterocycles. The van der Waals surface area contributed by atoms with Crippen molar-refractivity contribution in [1.82, 2.24) is 24.9 Å². The molecule has 15 heteroatoms. The van der Waals surface area contributed by atoms with Gasteiger partial charge in [-0.05, 0) is 227 Å². The summed E-state index contributed by atoms with van der Waals surface area (Å²) in [6.07, 6.45) is 10.6. The van der Waals surface area contributed by atoms with Gasteiger partial charge in [0.1, 0.15) is 35.2 Å². The summed E-state index contributed by atoms with van der Waals surface area (Å²) in [5.74, 6) is -2.97. The molecule has 2 saturated carbocycles. The summed E-state index contributed by atoms with van der Waals surface area (Å²) in [6, 6.07) is 61.8. The maximum atomic E-state index is 9.00. The number of rotatable bonds is 13. The molecule has 20 aromatic rings. The molecule has 15 heterocycles. The summed E-state index contributed by atoms with van der Waals surface area (Å²) in [6.45, 7) is 27.9. The average Bonchev–Trinajstić information content (AvgIpc) is 1.45. The number of furan rings is 5. The number of fused-ring (bicyclic) bond motifs is 15. The quantitative estimate of drug-likeness (QED) is 0.102. The Morgan fingerprint density at radius 3 is 1.02 bits per heavy atom. The standard InChI is InChI=1S/C26H29N2O.C25H27N2O.C25H29N2O.C24H27N2O.C22H23N2O/c1-4-18-14-15-28(3)23(16-18)24-17(2)10-11-20-21-12-13-22(19-8-6-5-7-9-19)27-26(21)29-25(20)24;1-4-17-13-14-27(3)22(15-17)23-16(2)9-10-19-20-11-12-21(18-7-5-6-8-18)26-25(20)28-24(19)23;1-7-17-12-13-27(6)21(14-17)22-16(2)8-10-19-20-11-9-18(15-25(3,4)5)26-24(20)28-23(19)22;1-7-16-12-13-26(6)19(14-16)21-15(2)8-9-17-18-10-11-20(24(3,4)5)25-23(18)27-22(17)21;1-13(2)16-10-11-24(5)19(12-16)20-14(3)6-8-17-18-9-7-15(4)23-22(18)25-21(17)20/h10-16,19H,4-9H2,1-3H3;9-15,18H,4-8H2,1-3H3;8-14H,7,15H2,1-6H3;8-14H,7H2,1-6H3;6-13H,1-5H3/q5*+1/i8D2,9D2,19D;7D2,18D;3D3,4D3;;. The molecular formula is C122H135N10O5+5. The van der Waals surface area contributed by atoms with Crippen LogP contribution in [0.4, 0.5) is 0 Å². The Labute approximate surface area is 826 Å². The van der Waals surface area contributed by atoms with Gasteiger partial charge in [-0.2, -0.15) is 0 Å². The third kappa shape index (κ3) is 18.8. The average molecular weight is 1840 g/mol. The molecule has 0 radical (unpaired) electrons. The first-order valence-corrected chi connectivity index (χ1v) is 48.3. The highest BCUT2D eigenvalue weighted by molar-refractivity contribution is 6.13. The second kappa shape index (κ2) is 38.6. The van der Waals surface area contributed by atoms with Gasteiger partial charge in [0.05, 0.1) is 27.8 Å². The number of aromatic nitrogens is 10. The molecule has 22 rings (SSSR count). The van der Waals surface area contributed by atoms with Crippen LogP contribution in [0.5, 0.6) is 0 Å². The summed E-state index contributed by atoms with van der Waals surface area (Å²) in [4.78, 5) is 23.2. The number of benzene rings is 5. The van der Waals surface area contributed by atoms with Gasteiger partial charge in [-0.3, -0.25) is 0 Å². The van der Waals surface area contributed by atoms with Crippen LogP contribution in [0.15, 0.2) is 235 Å². The molecule has 15 nitrogen and oxygen atoms in total. The van der Waals surface area contributed by atoms with Crippen molar-refractivity contribution in [3.8, 4) is 56.3 Å². The van der Waals surface area contributed by atoms with E-state index in [9.17, 15) is 0 Å². The van der Waals surface area contributed by atoms with E-state index in [-0.39, 0.29) is 30.4 Å². The molecule has 0 aliphatic heterocycles. The van der Waals surface area contributed by atoms with Crippen LogP contribution >= 0.6 is 0 Å².